The van der Waals surface area contributed by atoms with E-state index in [1.54, 1.807) is 0 Å². The number of rotatable bonds is 13. The Bertz CT molecular complexity index is 168. The van der Waals surface area contributed by atoms with Gasteiger partial charge in [0.15, 0.2) is 8.32 Å². The molecule has 0 N–H and O–H groups in total. The maximum absolute atomic E-state index is 5.84. The van der Waals surface area contributed by atoms with Gasteiger partial charge in [-0.05, 0) is 32.5 Å². The first-order valence-corrected chi connectivity index (χ1v) is 11.7. The van der Waals surface area contributed by atoms with Gasteiger partial charge in [0.2, 0.25) is 0 Å². The first-order valence-electron chi connectivity index (χ1n) is 7.76. The van der Waals surface area contributed by atoms with Crippen molar-refractivity contribution in [3.8, 4) is 0 Å². The number of hydrogen-bond donors (Lipinski definition) is 0. The van der Waals surface area contributed by atoms with Gasteiger partial charge in [0.05, 0.1) is 0 Å². The van der Waals surface area contributed by atoms with E-state index in [1.165, 1.54) is 64.2 Å². The molecular weight excluding hydrogens is 260 g/mol. The average Bonchev–Trinajstić information content (AvgIpc) is 2.29. The van der Waals surface area contributed by atoms with E-state index in [-0.39, 0.29) is 0 Å². The molecule has 1 nitrogen and oxygen atoms in total. The zero-order valence-corrected chi connectivity index (χ0v) is 14.5. The quantitative estimate of drug-likeness (QED) is 0.230. The molecule has 3 heteroatoms. The Morgan fingerprint density at radius 2 is 1.06 bits per heavy atom. The van der Waals surface area contributed by atoms with Gasteiger partial charge in [-0.15, -0.1) is 11.6 Å². The minimum absolute atomic E-state index is 0.833. The van der Waals surface area contributed by atoms with E-state index in [9.17, 15) is 0 Å². The number of unbranched alkanes of at least 4 members (excludes halogenated alkanes) is 9. The topological polar surface area (TPSA) is 9.23 Å². The predicted molar refractivity (Wildman–Crippen MR) is 86.2 cm³/mol. The maximum atomic E-state index is 5.84. The lowest BCUT2D eigenvalue weighted by Gasteiger charge is -2.16. The van der Waals surface area contributed by atoms with Crippen molar-refractivity contribution in [3.63, 3.8) is 0 Å². The van der Waals surface area contributed by atoms with Crippen molar-refractivity contribution in [2.24, 2.45) is 0 Å². The van der Waals surface area contributed by atoms with Crippen LogP contribution in [0.2, 0.25) is 19.6 Å². The van der Waals surface area contributed by atoms with Crippen LogP contribution in [0.3, 0.4) is 0 Å². The van der Waals surface area contributed by atoms with Gasteiger partial charge in [0.25, 0.3) is 0 Å². The summed E-state index contributed by atoms with van der Waals surface area (Å²) in [5, 5.41) is 0. The molecule has 0 saturated heterocycles. The van der Waals surface area contributed by atoms with Crippen molar-refractivity contribution in [3.05, 3.63) is 0 Å². The van der Waals surface area contributed by atoms with Gasteiger partial charge < -0.3 is 4.43 Å². The highest BCUT2D eigenvalue weighted by Gasteiger charge is 2.12. The van der Waals surface area contributed by atoms with Crippen LogP contribution in [0.1, 0.15) is 64.2 Å². The van der Waals surface area contributed by atoms with Crippen molar-refractivity contribution in [2.45, 2.75) is 83.8 Å². The molecule has 0 aromatic carbocycles. The van der Waals surface area contributed by atoms with Crippen LogP contribution in [-0.2, 0) is 4.43 Å². The molecule has 110 valence electrons. The van der Waals surface area contributed by atoms with Gasteiger partial charge in [0.1, 0.15) is 0 Å². The molecule has 0 bridgehead atoms. The van der Waals surface area contributed by atoms with Crippen LogP contribution in [0.5, 0.6) is 0 Å². The minimum atomic E-state index is -1.26. The zero-order chi connectivity index (χ0) is 13.7. The minimum Gasteiger partial charge on any atom is -0.418 e. The molecule has 0 unspecified atom stereocenters. The zero-order valence-electron chi connectivity index (χ0n) is 12.8. The second-order valence-electron chi connectivity index (χ2n) is 6.19. The van der Waals surface area contributed by atoms with E-state index in [2.05, 4.69) is 19.6 Å². The summed E-state index contributed by atoms with van der Waals surface area (Å²) in [4.78, 5) is 0. The summed E-state index contributed by atoms with van der Waals surface area (Å²) in [5.74, 6) is 0.833. The standard InChI is InChI=1S/C15H33ClOSi/c1-18(2,3)17-15-13-11-9-7-5-4-6-8-10-12-14-16/h4-15H2,1-3H3. The Morgan fingerprint density at radius 3 is 1.44 bits per heavy atom. The van der Waals surface area contributed by atoms with E-state index in [0.717, 1.165) is 12.5 Å². The fourth-order valence-corrected chi connectivity index (χ4v) is 2.93. The number of hydrogen-bond acceptors (Lipinski definition) is 1. The molecule has 0 rings (SSSR count). The summed E-state index contributed by atoms with van der Waals surface area (Å²) in [6.45, 7) is 7.76. The van der Waals surface area contributed by atoms with Crippen LogP contribution in [0, 0.1) is 0 Å². The molecule has 0 aromatic rings. The largest absolute Gasteiger partial charge is 0.418 e. The fraction of sp³-hybridized carbons (Fsp3) is 1.00. The second kappa shape index (κ2) is 12.5. The third-order valence-corrected chi connectivity index (χ3v) is 4.40. The van der Waals surface area contributed by atoms with Gasteiger partial charge in [0, 0.05) is 12.5 Å². The first-order chi connectivity index (χ1) is 8.56. The van der Waals surface area contributed by atoms with Crippen molar-refractivity contribution < 1.29 is 4.43 Å². The smallest absolute Gasteiger partial charge is 0.183 e. The van der Waals surface area contributed by atoms with Gasteiger partial charge in [-0.2, -0.15) is 0 Å². The first kappa shape index (κ1) is 18.5. The van der Waals surface area contributed by atoms with Crippen molar-refractivity contribution >= 4 is 19.9 Å². The third kappa shape index (κ3) is 16.5. The van der Waals surface area contributed by atoms with Crippen molar-refractivity contribution in [1.82, 2.24) is 0 Å². The van der Waals surface area contributed by atoms with Crippen LogP contribution in [-0.4, -0.2) is 20.8 Å². The molecule has 0 heterocycles. The fourth-order valence-electron chi connectivity index (χ4n) is 1.99. The molecule has 0 aromatic heterocycles. The summed E-state index contributed by atoms with van der Waals surface area (Å²) >= 11 is 5.64. The Labute approximate surface area is 121 Å². The molecule has 0 saturated carbocycles. The monoisotopic (exact) mass is 292 g/mol. The molecule has 0 spiro atoms. The van der Waals surface area contributed by atoms with Gasteiger partial charge >= 0.3 is 0 Å². The molecule has 0 atom stereocenters. The van der Waals surface area contributed by atoms with Crippen LogP contribution in [0.25, 0.3) is 0 Å². The maximum Gasteiger partial charge on any atom is 0.183 e. The van der Waals surface area contributed by atoms with E-state index in [0.29, 0.717) is 0 Å². The van der Waals surface area contributed by atoms with Gasteiger partial charge in [-0.25, -0.2) is 0 Å². The lowest BCUT2D eigenvalue weighted by atomic mass is 10.1. The number of halogens is 1. The Kier molecular flexibility index (Phi) is 12.8. The second-order valence-corrected chi connectivity index (χ2v) is 11.1. The lowest BCUT2D eigenvalue weighted by Crippen LogP contribution is -2.25. The molecule has 0 aliphatic rings. The van der Waals surface area contributed by atoms with Gasteiger partial charge in [-0.1, -0.05) is 51.4 Å². The van der Waals surface area contributed by atoms with Crippen LogP contribution in [0.15, 0.2) is 0 Å². The highest BCUT2D eigenvalue weighted by molar-refractivity contribution is 6.69. The molecule has 0 amide bonds. The van der Waals surface area contributed by atoms with E-state index in [4.69, 9.17) is 16.0 Å². The van der Waals surface area contributed by atoms with E-state index < -0.39 is 8.32 Å². The average molecular weight is 293 g/mol. The summed E-state index contributed by atoms with van der Waals surface area (Å²) in [6, 6.07) is 0. The third-order valence-electron chi connectivity index (χ3n) is 3.06. The molecule has 0 aliphatic heterocycles. The Hall–Kier alpha value is 0.467. The molecule has 0 radical (unpaired) electrons. The summed E-state index contributed by atoms with van der Waals surface area (Å²) in [7, 11) is -1.26. The summed E-state index contributed by atoms with van der Waals surface area (Å²) < 4.78 is 5.84. The molecule has 0 fully saturated rings. The highest BCUT2D eigenvalue weighted by Crippen LogP contribution is 2.11. The summed E-state index contributed by atoms with van der Waals surface area (Å²) in [6.07, 6.45) is 13.5. The predicted octanol–water partition coefficient (Wildman–Crippen LogP) is 5.98. The molecule has 18 heavy (non-hydrogen) atoms. The van der Waals surface area contributed by atoms with Crippen LogP contribution in [0.4, 0.5) is 0 Å². The van der Waals surface area contributed by atoms with Gasteiger partial charge in [-0.3, -0.25) is 0 Å². The van der Waals surface area contributed by atoms with Crippen LogP contribution >= 0.6 is 11.6 Å². The molecule has 0 aliphatic carbocycles. The molecular formula is C15H33ClOSi. The van der Waals surface area contributed by atoms with E-state index >= 15 is 0 Å². The Morgan fingerprint density at radius 1 is 0.667 bits per heavy atom. The summed E-state index contributed by atoms with van der Waals surface area (Å²) in [5.41, 5.74) is 0. The SMILES string of the molecule is C[Si](C)(C)OCCCCCCCCCCCCCl. The highest BCUT2D eigenvalue weighted by atomic mass is 35.5. The number of alkyl halides is 1. The van der Waals surface area contributed by atoms with Crippen molar-refractivity contribution in [1.29, 1.82) is 0 Å². The lowest BCUT2D eigenvalue weighted by molar-refractivity contribution is 0.298. The van der Waals surface area contributed by atoms with Crippen molar-refractivity contribution in [2.75, 3.05) is 12.5 Å². The Balaban J connectivity index is 2.99. The van der Waals surface area contributed by atoms with Crippen LogP contribution < -0.4 is 0 Å². The normalized spacial score (nSPS) is 12.0. The van der Waals surface area contributed by atoms with E-state index in [1.807, 2.05) is 0 Å².